The number of halogens is 6. The van der Waals surface area contributed by atoms with E-state index in [9.17, 15) is 35.9 Å². The van der Waals surface area contributed by atoms with E-state index < -0.39 is 47.3 Å². The zero-order valence-electron chi connectivity index (χ0n) is 15.7. The van der Waals surface area contributed by atoms with E-state index in [1.54, 1.807) is 12.4 Å². The van der Waals surface area contributed by atoms with Crippen LogP contribution in [0.25, 0.3) is 0 Å². The Hall–Kier alpha value is -3.12. The highest BCUT2D eigenvalue weighted by molar-refractivity contribution is 6.03. The first kappa shape index (κ1) is 21.1. The van der Waals surface area contributed by atoms with E-state index in [4.69, 9.17) is 0 Å². The molecule has 4 heterocycles. The quantitative estimate of drug-likeness (QED) is 0.664. The minimum Gasteiger partial charge on any atom is -0.332 e. The van der Waals surface area contributed by atoms with Crippen LogP contribution >= 0.6 is 0 Å². The Morgan fingerprint density at radius 2 is 1.81 bits per heavy atom. The minimum atomic E-state index is -5.16. The smallest absolute Gasteiger partial charge is 0.332 e. The molecule has 166 valence electrons. The van der Waals surface area contributed by atoms with Crippen molar-refractivity contribution in [2.45, 2.75) is 44.3 Å². The van der Waals surface area contributed by atoms with Crippen molar-refractivity contribution in [3.63, 3.8) is 0 Å². The number of imidazole rings is 1. The highest BCUT2D eigenvalue weighted by atomic mass is 19.4. The van der Waals surface area contributed by atoms with Gasteiger partial charge in [0.05, 0.1) is 12.1 Å². The molecule has 1 fully saturated rings. The summed E-state index contributed by atoms with van der Waals surface area (Å²) in [6.07, 6.45) is -7.21. The SMILES string of the molecule is O=C([C@@H]1CCC(=O)N1c1cc(C(F)(F)F)cc(C(F)(F)F)n1)N1CCn2ccnc2C1. The maximum atomic E-state index is 13.2. The second kappa shape index (κ2) is 7.24. The summed E-state index contributed by atoms with van der Waals surface area (Å²) in [7, 11) is 0. The molecule has 2 aliphatic rings. The monoisotopic (exact) mass is 447 g/mol. The Labute approximate surface area is 171 Å². The number of carbonyl (C=O) groups is 2. The summed E-state index contributed by atoms with van der Waals surface area (Å²) in [5.74, 6) is -1.60. The molecule has 0 N–H and O–H groups in total. The summed E-state index contributed by atoms with van der Waals surface area (Å²) in [5.41, 5.74) is -3.39. The van der Waals surface area contributed by atoms with Gasteiger partial charge in [-0.25, -0.2) is 9.97 Å². The molecule has 7 nitrogen and oxygen atoms in total. The number of hydrogen-bond donors (Lipinski definition) is 0. The van der Waals surface area contributed by atoms with Gasteiger partial charge in [0.25, 0.3) is 0 Å². The van der Waals surface area contributed by atoms with Gasteiger partial charge < -0.3 is 9.47 Å². The molecular weight excluding hydrogens is 432 g/mol. The largest absolute Gasteiger partial charge is 0.433 e. The standard InChI is InChI=1S/C18H15F6N5O2/c19-17(20,21)10-7-12(18(22,23)24)26-13(8-10)29-11(1-2-15(29)30)16(31)28-6-5-27-4-3-25-14(27)9-28/h3-4,7-8,11H,1-2,5-6,9H2/t11-/m0/s1. The lowest BCUT2D eigenvalue weighted by Crippen LogP contribution is -2.49. The van der Waals surface area contributed by atoms with Gasteiger partial charge in [-0.2, -0.15) is 26.3 Å². The van der Waals surface area contributed by atoms with Crippen LogP contribution in [0.1, 0.15) is 29.9 Å². The van der Waals surface area contributed by atoms with E-state index in [2.05, 4.69) is 9.97 Å². The summed E-state index contributed by atoms with van der Waals surface area (Å²) < 4.78 is 80.9. The number of carbonyl (C=O) groups excluding carboxylic acids is 2. The van der Waals surface area contributed by atoms with Gasteiger partial charge in [0.2, 0.25) is 11.8 Å². The third kappa shape index (κ3) is 3.95. The fraction of sp³-hybridized carbons (Fsp3) is 0.444. The lowest BCUT2D eigenvalue weighted by atomic mass is 10.1. The first-order valence-electron chi connectivity index (χ1n) is 9.22. The van der Waals surface area contributed by atoms with Crippen molar-refractivity contribution in [1.29, 1.82) is 0 Å². The number of rotatable bonds is 2. The highest BCUT2D eigenvalue weighted by Crippen LogP contribution is 2.38. The molecule has 2 amide bonds. The molecule has 0 spiro atoms. The lowest BCUT2D eigenvalue weighted by Gasteiger charge is -2.32. The Balaban J connectivity index is 1.69. The van der Waals surface area contributed by atoms with Crippen LogP contribution in [0.3, 0.4) is 0 Å². The molecule has 31 heavy (non-hydrogen) atoms. The van der Waals surface area contributed by atoms with Crippen molar-refractivity contribution in [3.8, 4) is 0 Å². The summed E-state index contributed by atoms with van der Waals surface area (Å²) in [6.45, 7) is 0.820. The first-order valence-corrected chi connectivity index (χ1v) is 9.22. The van der Waals surface area contributed by atoms with Crippen molar-refractivity contribution in [3.05, 3.63) is 41.6 Å². The molecule has 0 aliphatic carbocycles. The lowest BCUT2D eigenvalue weighted by molar-refractivity contribution is -0.145. The predicted octanol–water partition coefficient (Wildman–Crippen LogP) is 2.85. The van der Waals surface area contributed by atoms with Gasteiger partial charge in [0.1, 0.15) is 23.4 Å². The van der Waals surface area contributed by atoms with Crippen molar-refractivity contribution in [2.75, 3.05) is 11.4 Å². The summed E-state index contributed by atoms with van der Waals surface area (Å²) in [6, 6.07) is -1.00. The van der Waals surface area contributed by atoms with Crippen molar-refractivity contribution >= 4 is 17.6 Å². The van der Waals surface area contributed by atoms with Gasteiger partial charge in [-0.3, -0.25) is 14.5 Å². The number of aromatic nitrogens is 3. The molecule has 0 unspecified atom stereocenters. The average molecular weight is 447 g/mol. The molecular formula is C18H15F6N5O2. The van der Waals surface area contributed by atoms with Crippen LogP contribution in [0.5, 0.6) is 0 Å². The van der Waals surface area contributed by atoms with Crippen molar-refractivity contribution in [1.82, 2.24) is 19.4 Å². The molecule has 4 rings (SSSR count). The second-order valence-electron chi connectivity index (χ2n) is 7.21. The van der Waals surface area contributed by atoms with Crippen LogP contribution in [0.2, 0.25) is 0 Å². The molecule has 0 saturated carbocycles. The first-order chi connectivity index (χ1) is 14.4. The van der Waals surface area contributed by atoms with Gasteiger partial charge in [-0.15, -0.1) is 0 Å². The molecule has 13 heteroatoms. The topological polar surface area (TPSA) is 71.3 Å². The minimum absolute atomic E-state index is 0.0398. The number of anilines is 1. The molecule has 1 atom stereocenters. The van der Waals surface area contributed by atoms with Crippen LogP contribution in [-0.2, 0) is 35.0 Å². The molecule has 0 radical (unpaired) electrons. The van der Waals surface area contributed by atoms with E-state index in [1.165, 1.54) is 4.90 Å². The van der Waals surface area contributed by atoms with E-state index >= 15 is 0 Å². The normalized spacial score (nSPS) is 19.7. The number of hydrogen-bond acceptors (Lipinski definition) is 4. The molecule has 0 aromatic carbocycles. The van der Waals surface area contributed by atoms with E-state index in [-0.39, 0.29) is 32.0 Å². The number of amides is 2. The number of pyridine rings is 1. The summed E-state index contributed by atoms with van der Waals surface area (Å²) in [5, 5.41) is 0. The van der Waals surface area contributed by atoms with Gasteiger partial charge in [-0.1, -0.05) is 0 Å². The van der Waals surface area contributed by atoms with Crippen LogP contribution in [0.4, 0.5) is 32.2 Å². The Morgan fingerprint density at radius 3 is 2.48 bits per heavy atom. The zero-order valence-corrected chi connectivity index (χ0v) is 15.7. The van der Waals surface area contributed by atoms with E-state index in [0.29, 0.717) is 23.3 Å². The molecule has 2 aromatic heterocycles. The average Bonchev–Trinajstić information content (AvgIpc) is 3.31. The fourth-order valence-electron chi connectivity index (χ4n) is 3.73. The molecule has 2 aliphatic heterocycles. The summed E-state index contributed by atoms with van der Waals surface area (Å²) in [4.78, 5) is 34.8. The van der Waals surface area contributed by atoms with E-state index in [0.717, 1.165) is 0 Å². The van der Waals surface area contributed by atoms with Crippen LogP contribution in [0.15, 0.2) is 24.5 Å². The maximum Gasteiger partial charge on any atom is 0.433 e. The second-order valence-corrected chi connectivity index (χ2v) is 7.21. The fourth-order valence-corrected chi connectivity index (χ4v) is 3.73. The van der Waals surface area contributed by atoms with Crippen molar-refractivity contribution in [2.24, 2.45) is 0 Å². The van der Waals surface area contributed by atoms with Crippen LogP contribution in [-0.4, -0.2) is 43.8 Å². The van der Waals surface area contributed by atoms with Gasteiger partial charge in [0, 0.05) is 31.9 Å². The van der Waals surface area contributed by atoms with E-state index in [1.807, 2.05) is 4.57 Å². The van der Waals surface area contributed by atoms with Gasteiger partial charge in [0.15, 0.2) is 0 Å². The van der Waals surface area contributed by atoms with Gasteiger partial charge in [-0.05, 0) is 18.6 Å². The van der Waals surface area contributed by atoms with Crippen LogP contribution in [0, 0.1) is 0 Å². The maximum absolute atomic E-state index is 13.2. The highest BCUT2D eigenvalue weighted by Gasteiger charge is 2.44. The van der Waals surface area contributed by atoms with Gasteiger partial charge >= 0.3 is 12.4 Å². The van der Waals surface area contributed by atoms with Crippen LogP contribution < -0.4 is 4.90 Å². The zero-order chi connectivity index (χ0) is 22.6. The molecule has 2 aromatic rings. The Kier molecular flexibility index (Phi) is 4.93. The number of fused-ring (bicyclic) bond motifs is 1. The molecule has 0 bridgehead atoms. The third-order valence-corrected chi connectivity index (χ3v) is 5.23. The number of nitrogens with zero attached hydrogens (tertiary/aromatic N) is 5. The van der Waals surface area contributed by atoms with Crippen molar-refractivity contribution < 1.29 is 35.9 Å². The predicted molar refractivity (Wildman–Crippen MR) is 92.4 cm³/mol. The third-order valence-electron chi connectivity index (χ3n) is 5.23. The summed E-state index contributed by atoms with van der Waals surface area (Å²) >= 11 is 0. The Bertz CT molecular complexity index is 999. The molecule has 1 saturated heterocycles. The number of alkyl halides is 6. The Morgan fingerprint density at radius 1 is 1.06 bits per heavy atom.